The Bertz CT molecular complexity index is 454. The summed E-state index contributed by atoms with van der Waals surface area (Å²) in [4.78, 5) is 33.7. The van der Waals surface area contributed by atoms with Crippen LogP contribution in [0.4, 0.5) is 4.79 Å². The van der Waals surface area contributed by atoms with Crippen molar-refractivity contribution < 1.29 is 33.3 Å². The molecule has 1 saturated heterocycles. The molecule has 1 rings (SSSR count). The van der Waals surface area contributed by atoms with Gasteiger partial charge in [0.2, 0.25) is 6.29 Å². The number of carbonyl (C=O) groups excluding carboxylic acids is 3. The maximum absolute atomic E-state index is 11.4. The van der Waals surface area contributed by atoms with Crippen LogP contribution in [-0.4, -0.2) is 55.7 Å². The van der Waals surface area contributed by atoms with Crippen molar-refractivity contribution in [1.29, 1.82) is 0 Å². The van der Waals surface area contributed by atoms with E-state index in [1.165, 1.54) is 19.9 Å². The fourth-order valence-corrected chi connectivity index (χ4v) is 2.07. The van der Waals surface area contributed by atoms with Crippen molar-refractivity contribution in [3.63, 3.8) is 0 Å². The van der Waals surface area contributed by atoms with E-state index in [-0.39, 0.29) is 13.2 Å². The van der Waals surface area contributed by atoms with E-state index in [4.69, 9.17) is 24.7 Å². The van der Waals surface area contributed by atoms with Crippen LogP contribution in [0.15, 0.2) is 12.7 Å². The average molecular weight is 330 g/mol. The predicted molar refractivity (Wildman–Crippen MR) is 78.1 cm³/mol. The van der Waals surface area contributed by atoms with Gasteiger partial charge in [-0.25, -0.2) is 4.79 Å². The molecule has 0 aromatic carbocycles. The first-order valence-electron chi connectivity index (χ1n) is 7.10. The van der Waals surface area contributed by atoms with Crippen LogP contribution in [0.3, 0.4) is 0 Å². The second-order valence-electron chi connectivity index (χ2n) is 4.98. The fourth-order valence-electron chi connectivity index (χ4n) is 2.07. The molecule has 0 radical (unpaired) electrons. The van der Waals surface area contributed by atoms with Crippen molar-refractivity contribution in [2.75, 3.05) is 13.2 Å². The molecule has 4 atom stereocenters. The van der Waals surface area contributed by atoms with E-state index in [1.807, 2.05) is 0 Å². The number of carbonyl (C=O) groups is 3. The largest absolute Gasteiger partial charge is 0.454 e. The summed E-state index contributed by atoms with van der Waals surface area (Å²) in [6.45, 7) is 6.04. The normalized spacial score (nSPS) is 26.7. The number of esters is 2. The highest BCUT2D eigenvalue weighted by molar-refractivity contribution is 5.67. The van der Waals surface area contributed by atoms with Crippen LogP contribution in [0.1, 0.15) is 20.3 Å². The zero-order valence-corrected chi connectivity index (χ0v) is 13.2. The van der Waals surface area contributed by atoms with E-state index in [0.29, 0.717) is 6.42 Å². The molecule has 0 spiro atoms. The Labute approximate surface area is 134 Å². The fraction of sp³-hybridized carbons (Fsp3) is 0.643. The van der Waals surface area contributed by atoms with Gasteiger partial charge in [-0.1, -0.05) is 12.7 Å². The van der Waals surface area contributed by atoms with Crippen LogP contribution in [-0.2, 0) is 28.5 Å². The second-order valence-corrected chi connectivity index (χ2v) is 4.98. The molecule has 0 aliphatic carbocycles. The molecular weight excluding hydrogens is 308 g/mol. The summed E-state index contributed by atoms with van der Waals surface area (Å²) in [5, 5.41) is 2.50. The number of alkyl carbamates (subject to hydrolysis) is 1. The first-order chi connectivity index (χ1) is 10.8. The number of hydrogen-bond donors (Lipinski definition) is 2. The Hall–Kier alpha value is -2.13. The van der Waals surface area contributed by atoms with Crippen LogP contribution in [0.5, 0.6) is 0 Å². The van der Waals surface area contributed by atoms with Gasteiger partial charge in [-0.2, -0.15) is 0 Å². The monoisotopic (exact) mass is 330 g/mol. The third-order valence-electron chi connectivity index (χ3n) is 2.94. The Kier molecular flexibility index (Phi) is 7.49. The number of amides is 1. The smallest absolute Gasteiger partial charge is 0.407 e. The van der Waals surface area contributed by atoms with Crippen molar-refractivity contribution in [3.8, 4) is 0 Å². The van der Waals surface area contributed by atoms with E-state index < -0.39 is 42.6 Å². The molecule has 0 saturated carbocycles. The molecular formula is C14H22N2O7. The van der Waals surface area contributed by atoms with E-state index >= 15 is 0 Å². The zero-order valence-electron chi connectivity index (χ0n) is 13.2. The maximum Gasteiger partial charge on any atom is 0.407 e. The van der Waals surface area contributed by atoms with E-state index in [9.17, 15) is 14.4 Å². The van der Waals surface area contributed by atoms with Crippen LogP contribution in [0.2, 0.25) is 0 Å². The zero-order chi connectivity index (χ0) is 17.4. The number of rotatable bonds is 6. The topological polar surface area (TPSA) is 126 Å². The number of ether oxygens (including phenoxy) is 4. The van der Waals surface area contributed by atoms with Gasteiger partial charge >= 0.3 is 18.0 Å². The lowest BCUT2D eigenvalue weighted by Gasteiger charge is -2.38. The molecule has 3 N–H and O–H groups in total. The van der Waals surface area contributed by atoms with Gasteiger partial charge in [0.05, 0.1) is 12.1 Å². The minimum absolute atomic E-state index is 0.0848. The standard InChI is InChI=1S/C14H22N2O7/c1-4-5-20-14(19)16-7-10-6-11(15)12(21-8(2)17)13(23-10)22-9(3)18/h4,10-13H,1,5-7,15H2,2-3H3,(H,16,19). The minimum atomic E-state index is -1.13. The SMILES string of the molecule is C=CCOC(=O)NCC1CC(N)C(OC(C)=O)C(OC(C)=O)O1. The molecule has 130 valence electrons. The van der Waals surface area contributed by atoms with Crippen LogP contribution < -0.4 is 11.1 Å². The van der Waals surface area contributed by atoms with E-state index in [2.05, 4.69) is 11.9 Å². The first-order valence-corrected chi connectivity index (χ1v) is 7.10. The number of hydrogen-bond acceptors (Lipinski definition) is 8. The lowest BCUT2D eigenvalue weighted by Crippen LogP contribution is -2.57. The quantitative estimate of drug-likeness (QED) is 0.391. The van der Waals surface area contributed by atoms with Gasteiger partial charge in [-0.3, -0.25) is 9.59 Å². The van der Waals surface area contributed by atoms with Gasteiger partial charge in [0.1, 0.15) is 6.61 Å². The van der Waals surface area contributed by atoms with Gasteiger partial charge < -0.3 is 30.0 Å². The molecule has 0 bridgehead atoms. The Balaban J connectivity index is 2.61. The minimum Gasteiger partial charge on any atom is -0.454 e. The highest BCUT2D eigenvalue weighted by atomic mass is 16.7. The van der Waals surface area contributed by atoms with Crippen molar-refractivity contribution in [2.24, 2.45) is 5.73 Å². The van der Waals surface area contributed by atoms with Gasteiger partial charge in [0, 0.05) is 20.4 Å². The van der Waals surface area contributed by atoms with Gasteiger partial charge in [-0.15, -0.1) is 0 Å². The lowest BCUT2D eigenvalue weighted by molar-refractivity contribution is -0.244. The summed E-state index contributed by atoms with van der Waals surface area (Å²) in [5.41, 5.74) is 5.96. The highest BCUT2D eigenvalue weighted by Crippen LogP contribution is 2.23. The molecule has 4 unspecified atom stereocenters. The van der Waals surface area contributed by atoms with Crippen molar-refractivity contribution in [3.05, 3.63) is 12.7 Å². The first kappa shape index (κ1) is 18.9. The number of nitrogens with two attached hydrogens (primary N) is 1. The third-order valence-corrected chi connectivity index (χ3v) is 2.94. The molecule has 1 aliphatic heterocycles. The summed E-state index contributed by atoms with van der Waals surface area (Å²) in [6, 6.07) is -0.604. The van der Waals surface area contributed by atoms with Crippen LogP contribution in [0, 0.1) is 0 Å². The summed E-state index contributed by atoms with van der Waals surface area (Å²) in [7, 11) is 0. The van der Waals surface area contributed by atoms with Gasteiger partial charge in [0.25, 0.3) is 0 Å². The Morgan fingerprint density at radius 3 is 2.52 bits per heavy atom. The van der Waals surface area contributed by atoms with Crippen molar-refractivity contribution in [1.82, 2.24) is 5.32 Å². The molecule has 23 heavy (non-hydrogen) atoms. The molecule has 0 aromatic heterocycles. The maximum atomic E-state index is 11.4. The molecule has 9 heteroatoms. The molecule has 1 aliphatic rings. The molecule has 1 fully saturated rings. The predicted octanol–water partition coefficient (Wildman–Crippen LogP) is -0.164. The van der Waals surface area contributed by atoms with Gasteiger partial charge in [0.15, 0.2) is 6.10 Å². The molecule has 0 aromatic rings. The van der Waals surface area contributed by atoms with Crippen LogP contribution >= 0.6 is 0 Å². The number of nitrogens with one attached hydrogen (secondary N) is 1. The van der Waals surface area contributed by atoms with Crippen LogP contribution in [0.25, 0.3) is 0 Å². The summed E-state index contributed by atoms with van der Waals surface area (Å²) in [6.07, 6.45) is -1.44. The summed E-state index contributed by atoms with van der Waals surface area (Å²) in [5.74, 6) is -1.16. The van der Waals surface area contributed by atoms with E-state index in [1.54, 1.807) is 0 Å². The second kappa shape index (κ2) is 9.11. The lowest BCUT2D eigenvalue weighted by atomic mass is 10.00. The Morgan fingerprint density at radius 2 is 1.96 bits per heavy atom. The highest BCUT2D eigenvalue weighted by Gasteiger charge is 2.41. The van der Waals surface area contributed by atoms with E-state index in [0.717, 1.165) is 0 Å². The van der Waals surface area contributed by atoms with Crippen molar-refractivity contribution in [2.45, 2.75) is 44.8 Å². The molecule has 1 heterocycles. The molecule has 9 nitrogen and oxygen atoms in total. The Morgan fingerprint density at radius 1 is 1.30 bits per heavy atom. The average Bonchev–Trinajstić information content (AvgIpc) is 2.45. The molecule has 1 amide bonds. The summed E-state index contributed by atoms with van der Waals surface area (Å²) < 4.78 is 20.4. The van der Waals surface area contributed by atoms with Gasteiger partial charge in [-0.05, 0) is 6.42 Å². The van der Waals surface area contributed by atoms with Crippen molar-refractivity contribution >= 4 is 18.0 Å². The summed E-state index contributed by atoms with van der Waals surface area (Å²) >= 11 is 0. The third kappa shape index (κ3) is 6.66.